The monoisotopic (exact) mass is 278 g/mol. The van der Waals surface area contributed by atoms with Gasteiger partial charge in [0.15, 0.2) is 0 Å². The molecule has 0 atom stereocenters. The fraction of sp³-hybridized carbons (Fsp3) is 0.231. The van der Waals surface area contributed by atoms with Crippen LogP contribution in [-0.4, -0.2) is 17.0 Å². The zero-order chi connectivity index (χ0) is 13.8. The van der Waals surface area contributed by atoms with E-state index in [4.69, 9.17) is 22.1 Å². The zero-order valence-electron chi connectivity index (χ0n) is 10.8. The Morgan fingerprint density at radius 3 is 2.79 bits per heavy atom. The molecule has 0 unspecified atom stereocenters. The van der Waals surface area contributed by atoms with Crippen LogP contribution in [0.2, 0.25) is 5.02 Å². The van der Waals surface area contributed by atoms with Gasteiger partial charge in [0, 0.05) is 18.1 Å². The molecule has 5 nitrogen and oxygen atoms in total. The van der Waals surface area contributed by atoms with E-state index in [2.05, 4.69) is 15.3 Å². The van der Waals surface area contributed by atoms with Gasteiger partial charge in [0.25, 0.3) is 0 Å². The predicted molar refractivity (Wildman–Crippen MR) is 76.9 cm³/mol. The smallest absolute Gasteiger partial charge is 0.226 e. The minimum Gasteiger partial charge on any atom is -0.439 e. The van der Waals surface area contributed by atoms with Crippen molar-refractivity contribution >= 4 is 23.4 Å². The summed E-state index contributed by atoms with van der Waals surface area (Å²) in [5.41, 5.74) is 6.63. The molecule has 19 heavy (non-hydrogen) atoms. The highest BCUT2D eigenvalue weighted by atomic mass is 35.5. The Hall–Kier alpha value is -2.01. The molecule has 0 aliphatic carbocycles. The number of nitrogens with one attached hydrogen (secondary N) is 1. The van der Waals surface area contributed by atoms with Crippen molar-refractivity contribution in [1.29, 1.82) is 0 Å². The summed E-state index contributed by atoms with van der Waals surface area (Å²) in [5, 5.41) is 3.62. The topological polar surface area (TPSA) is 73.1 Å². The van der Waals surface area contributed by atoms with Crippen molar-refractivity contribution in [3.05, 3.63) is 34.9 Å². The maximum absolute atomic E-state index is 6.06. The number of aryl methyl sites for hydroxylation is 1. The Labute approximate surface area is 116 Å². The fourth-order valence-electron chi connectivity index (χ4n) is 1.63. The van der Waals surface area contributed by atoms with Gasteiger partial charge in [0.05, 0.1) is 0 Å². The minimum atomic E-state index is 0.159. The lowest BCUT2D eigenvalue weighted by molar-refractivity contribution is 0.462. The second kappa shape index (κ2) is 5.75. The molecule has 0 saturated heterocycles. The predicted octanol–water partition coefficient (Wildman–Crippen LogP) is 3.11. The first kappa shape index (κ1) is 13.4. The number of ether oxygens (including phenoxy) is 1. The van der Waals surface area contributed by atoms with E-state index in [0.29, 0.717) is 17.4 Å². The van der Waals surface area contributed by atoms with Crippen molar-refractivity contribution in [1.82, 2.24) is 9.97 Å². The number of halogens is 1. The Bertz CT molecular complexity index is 589. The number of rotatable bonds is 4. The first-order chi connectivity index (χ1) is 9.12. The SMILES string of the molecule is CCc1cc(Oc2cc(NC)nc(N)n2)ccc1Cl. The molecule has 0 bridgehead atoms. The number of nitrogens with zero attached hydrogens (tertiary/aromatic N) is 2. The van der Waals surface area contributed by atoms with Crippen molar-refractivity contribution in [2.45, 2.75) is 13.3 Å². The third-order valence-electron chi connectivity index (χ3n) is 2.60. The van der Waals surface area contributed by atoms with Crippen molar-refractivity contribution in [3.63, 3.8) is 0 Å². The molecule has 0 saturated carbocycles. The number of nitrogen functional groups attached to an aromatic ring is 1. The van der Waals surface area contributed by atoms with Crippen LogP contribution in [0.5, 0.6) is 11.6 Å². The average Bonchev–Trinajstić information content (AvgIpc) is 2.40. The molecular formula is C13H15ClN4O. The van der Waals surface area contributed by atoms with E-state index in [1.807, 2.05) is 13.0 Å². The molecule has 2 rings (SSSR count). The van der Waals surface area contributed by atoms with E-state index in [1.165, 1.54) is 0 Å². The van der Waals surface area contributed by atoms with Crippen LogP contribution in [0.4, 0.5) is 11.8 Å². The summed E-state index contributed by atoms with van der Waals surface area (Å²) < 4.78 is 5.67. The van der Waals surface area contributed by atoms with Gasteiger partial charge in [0.2, 0.25) is 11.8 Å². The quantitative estimate of drug-likeness (QED) is 0.899. The average molecular weight is 279 g/mol. The van der Waals surface area contributed by atoms with Gasteiger partial charge in [-0.2, -0.15) is 9.97 Å². The number of aromatic nitrogens is 2. The molecule has 0 aliphatic rings. The summed E-state index contributed by atoms with van der Waals surface area (Å²) in [4.78, 5) is 8.02. The van der Waals surface area contributed by atoms with E-state index < -0.39 is 0 Å². The van der Waals surface area contributed by atoms with Crippen LogP contribution in [0.3, 0.4) is 0 Å². The van der Waals surface area contributed by atoms with E-state index in [-0.39, 0.29) is 5.95 Å². The van der Waals surface area contributed by atoms with Crippen LogP contribution in [-0.2, 0) is 6.42 Å². The van der Waals surface area contributed by atoms with E-state index in [0.717, 1.165) is 17.0 Å². The van der Waals surface area contributed by atoms with Gasteiger partial charge >= 0.3 is 0 Å². The summed E-state index contributed by atoms with van der Waals surface area (Å²) in [6.45, 7) is 2.03. The summed E-state index contributed by atoms with van der Waals surface area (Å²) in [6, 6.07) is 7.16. The molecule has 0 fully saturated rings. The Morgan fingerprint density at radius 2 is 2.11 bits per heavy atom. The van der Waals surface area contributed by atoms with E-state index in [1.54, 1.807) is 25.2 Å². The number of nitrogens with two attached hydrogens (primary N) is 1. The van der Waals surface area contributed by atoms with Crippen molar-refractivity contribution in [3.8, 4) is 11.6 Å². The summed E-state index contributed by atoms with van der Waals surface area (Å²) in [5.74, 6) is 1.82. The lowest BCUT2D eigenvalue weighted by Crippen LogP contribution is -2.01. The Kier molecular flexibility index (Phi) is 4.06. The normalized spacial score (nSPS) is 10.3. The lowest BCUT2D eigenvalue weighted by atomic mass is 10.1. The van der Waals surface area contributed by atoms with Crippen LogP contribution < -0.4 is 15.8 Å². The molecule has 0 amide bonds. The van der Waals surface area contributed by atoms with Gasteiger partial charge in [0.1, 0.15) is 11.6 Å². The van der Waals surface area contributed by atoms with Crippen molar-refractivity contribution in [2.24, 2.45) is 0 Å². The largest absolute Gasteiger partial charge is 0.439 e. The Morgan fingerprint density at radius 1 is 1.32 bits per heavy atom. The van der Waals surface area contributed by atoms with Crippen molar-refractivity contribution < 1.29 is 4.74 Å². The number of anilines is 2. The second-order valence-electron chi connectivity index (χ2n) is 3.91. The number of hydrogen-bond acceptors (Lipinski definition) is 5. The molecule has 1 aromatic heterocycles. The second-order valence-corrected chi connectivity index (χ2v) is 4.32. The molecule has 6 heteroatoms. The van der Waals surface area contributed by atoms with Gasteiger partial charge in [-0.1, -0.05) is 18.5 Å². The minimum absolute atomic E-state index is 0.159. The molecule has 0 aliphatic heterocycles. The highest BCUT2D eigenvalue weighted by Gasteiger charge is 2.06. The molecular weight excluding hydrogens is 264 g/mol. The van der Waals surface area contributed by atoms with Gasteiger partial charge in [-0.3, -0.25) is 0 Å². The first-order valence-electron chi connectivity index (χ1n) is 5.91. The third-order valence-corrected chi connectivity index (χ3v) is 2.97. The van der Waals surface area contributed by atoms with Gasteiger partial charge in [-0.25, -0.2) is 0 Å². The number of benzene rings is 1. The maximum Gasteiger partial charge on any atom is 0.226 e. The van der Waals surface area contributed by atoms with Gasteiger partial charge in [-0.15, -0.1) is 0 Å². The molecule has 2 aromatic rings. The summed E-state index contributed by atoms with van der Waals surface area (Å²) in [6.07, 6.45) is 0.837. The molecule has 1 heterocycles. The molecule has 3 N–H and O–H groups in total. The van der Waals surface area contributed by atoms with Gasteiger partial charge < -0.3 is 15.8 Å². The fourth-order valence-corrected chi connectivity index (χ4v) is 1.88. The van der Waals surface area contributed by atoms with Gasteiger partial charge in [-0.05, 0) is 30.2 Å². The van der Waals surface area contributed by atoms with E-state index in [9.17, 15) is 0 Å². The van der Waals surface area contributed by atoms with Crippen LogP contribution >= 0.6 is 11.6 Å². The van der Waals surface area contributed by atoms with Crippen LogP contribution in [0, 0.1) is 0 Å². The molecule has 100 valence electrons. The summed E-state index contributed by atoms with van der Waals surface area (Å²) in [7, 11) is 1.75. The third kappa shape index (κ3) is 3.26. The number of hydrogen-bond donors (Lipinski definition) is 2. The molecule has 1 aromatic carbocycles. The van der Waals surface area contributed by atoms with Crippen LogP contribution in [0.1, 0.15) is 12.5 Å². The molecule has 0 radical (unpaired) electrons. The lowest BCUT2D eigenvalue weighted by Gasteiger charge is -2.09. The van der Waals surface area contributed by atoms with Crippen LogP contribution in [0.15, 0.2) is 24.3 Å². The van der Waals surface area contributed by atoms with Crippen LogP contribution in [0.25, 0.3) is 0 Å². The van der Waals surface area contributed by atoms with Crippen molar-refractivity contribution in [2.75, 3.05) is 18.1 Å². The highest BCUT2D eigenvalue weighted by Crippen LogP contribution is 2.26. The zero-order valence-corrected chi connectivity index (χ0v) is 11.5. The maximum atomic E-state index is 6.06. The highest BCUT2D eigenvalue weighted by molar-refractivity contribution is 6.31. The standard InChI is InChI=1S/C13H15ClN4O/c1-3-8-6-9(4-5-10(8)14)19-12-7-11(16-2)17-13(15)18-12/h4-7H,3H2,1-2H3,(H3,15,16,17,18). The molecule has 0 spiro atoms. The summed E-state index contributed by atoms with van der Waals surface area (Å²) >= 11 is 6.06. The first-order valence-corrected chi connectivity index (χ1v) is 6.28. The van der Waals surface area contributed by atoms with E-state index >= 15 is 0 Å². The Balaban J connectivity index is 2.28.